The van der Waals surface area contributed by atoms with Crippen molar-refractivity contribution in [1.29, 1.82) is 0 Å². The molecule has 19 heavy (non-hydrogen) atoms. The normalized spacial score (nSPS) is 18.8. The lowest BCUT2D eigenvalue weighted by atomic mass is 10.0. The Labute approximate surface area is 111 Å². The number of rotatable bonds is 2. The van der Waals surface area contributed by atoms with E-state index in [1.807, 2.05) is 24.3 Å². The molecule has 1 aromatic heterocycles. The van der Waals surface area contributed by atoms with E-state index < -0.39 is 0 Å². The first-order valence-electron chi connectivity index (χ1n) is 6.48. The van der Waals surface area contributed by atoms with Crippen LogP contribution in [-0.4, -0.2) is 11.5 Å². The van der Waals surface area contributed by atoms with Crippen LogP contribution in [0.4, 0.5) is 15.9 Å². The van der Waals surface area contributed by atoms with Crippen molar-refractivity contribution >= 4 is 11.5 Å². The summed E-state index contributed by atoms with van der Waals surface area (Å²) in [5.74, 6) is 0.337. The van der Waals surface area contributed by atoms with Gasteiger partial charge in [0.25, 0.3) is 0 Å². The molecule has 2 aromatic rings. The molecule has 4 heteroatoms. The Bertz CT molecular complexity index is 568. The minimum Gasteiger partial charge on any atom is -0.384 e. The van der Waals surface area contributed by atoms with Gasteiger partial charge in [0.2, 0.25) is 0 Å². The number of benzene rings is 1. The van der Waals surface area contributed by atoms with E-state index in [-0.39, 0.29) is 5.82 Å². The van der Waals surface area contributed by atoms with Gasteiger partial charge in [0, 0.05) is 24.5 Å². The lowest BCUT2D eigenvalue weighted by Crippen LogP contribution is -2.22. The molecule has 1 unspecified atom stereocenters. The lowest BCUT2D eigenvalue weighted by Gasteiger charge is -2.27. The highest BCUT2D eigenvalue weighted by atomic mass is 19.1. The van der Waals surface area contributed by atoms with Gasteiger partial charge in [-0.1, -0.05) is 12.1 Å². The van der Waals surface area contributed by atoms with Crippen molar-refractivity contribution in [3.8, 4) is 0 Å². The third-order valence-corrected chi connectivity index (χ3v) is 3.60. The topological polar surface area (TPSA) is 42.1 Å². The molecule has 1 saturated heterocycles. The third kappa shape index (κ3) is 2.38. The third-order valence-electron chi connectivity index (χ3n) is 3.60. The van der Waals surface area contributed by atoms with Crippen LogP contribution in [0, 0.1) is 5.82 Å². The fourth-order valence-electron chi connectivity index (χ4n) is 2.72. The Morgan fingerprint density at radius 1 is 1.21 bits per heavy atom. The highest BCUT2D eigenvalue weighted by Crippen LogP contribution is 2.36. The minimum absolute atomic E-state index is 0.193. The summed E-state index contributed by atoms with van der Waals surface area (Å²) in [5, 5.41) is 0. The van der Waals surface area contributed by atoms with Crippen LogP contribution in [0.5, 0.6) is 0 Å². The predicted molar refractivity (Wildman–Crippen MR) is 74.4 cm³/mol. The van der Waals surface area contributed by atoms with Crippen LogP contribution < -0.4 is 10.6 Å². The lowest BCUT2D eigenvalue weighted by molar-refractivity contribution is 0.624. The van der Waals surface area contributed by atoms with Gasteiger partial charge < -0.3 is 10.6 Å². The van der Waals surface area contributed by atoms with Gasteiger partial charge in [0.1, 0.15) is 11.6 Å². The molecule has 0 amide bonds. The summed E-state index contributed by atoms with van der Waals surface area (Å²) in [7, 11) is 0. The number of hydrogen-bond acceptors (Lipinski definition) is 3. The molecule has 1 aliphatic rings. The molecule has 0 spiro atoms. The van der Waals surface area contributed by atoms with Crippen molar-refractivity contribution in [1.82, 2.24) is 4.98 Å². The number of nitrogen functional groups attached to an aromatic ring is 1. The van der Waals surface area contributed by atoms with Crippen molar-refractivity contribution in [2.45, 2.75) is 18.9 Å². The largest absolute Gasteiger partial charge is 0.384 e. The summed E-state index contributed by atoms with van der Waals surface area (Å²) in [6.07, 6.45) is 3.93. The molecule has 0 radical (unpaired) electrons. The maximum absolute atomic E-state index is 13.0. The standard InChI is InChI=1S/C15H16FN3/c16-12-5-3-11(4-6-12)14-2-1-9-19(14)13-7-8-18-15(17)10-13/h3-8,10,14H,1-2,9H2,(H2,17,18). The smallest absolute Gasteiger partial charge is 0.125 e. The molecule has 3 nitrogen and oxygen atoms in total. The van der Waals surface area contributed by atoms with Gasteiger partial charge >= 0.3 is 0 Å². The first kappa shape index (κ1) is 12.0. The van der Waals surface area contributed by atoms with E-state index in [0.717, 1.165) is 30.6 Å². The average molecular weight is 257 g/mol. The Morgan fingerprint density at radius 2 is 2.00 bits per heavy atom. The van der Waals surface area contributed by atoms with Gasteiger partial charge in [-0.25, -0.2) is 9.37 Å². The molecular weight excluding hydrogens is 241 g/mol. The first-order valence-corrected chi connectivity index (χ1v) is 6.48. The van der Waals surface area contributed by atoms with Crippen molar-refractivity contribution in [3.05, 3.63) is 54.0 Å². The molecule has 3 rings (SSSR count). The summed E-state index contributed by atoms with van der Waals surface area (Å²) in [6.45, 7) is 0.992. The fraction of sp³-hybridized carbons (Fsp3) is 0.267. The maximum atomic E-state index is 13.0. The summed E-state index contributed by atoms with van der Waals surface area (Å²) in [4.78, 5) is 6.33. The van der Waals surface area contributed by atoms with E-state index >= 15 is 0 Å². The SMILES string of the molecule is Nc1cc(N2CCCC2c2ccc(F)cc2)ccn1. The van der Waals surface area contributed by atoms with E-state index in [4.69, 9.17) is 5.73 Å². The number of aromatic nitrogens is 1. The average Bonchev–Trinajstić information content (AvgIpc) is 2.89. The summed E-state index contributed by atoms with van der Waals surface area (Å²) in [5.41, 5.74) is 7.97. The fourth-order valence-corrected chi connectivity index (χ4v) is 2.72. The van der Waals surface area contributed by atoms with Crippen LogP contribution >= 0.6 is 0 Å². The molecule has 1 atom stereocenters. The van der Waals surface area contributed by atoms with Crippen molar-refractivity contribution in [3.63, 3.8) is 0 Å². The van der Waals surface area contributed by atoms with E-state index in [1.165, 1.54) is 12.1 Å². The van der Waals surface area contributed by atoms with E-state index in [9.17, 15) is 4.39 Å². The number of halogens is 1. The van der Waals surface area contributed by atoms with Crippen LogP contribution in [-0.2, 0) is 0 Å². The van der Waals surface area contributed by atoms with Crippen LogP contribution in [0.15, 0.2) is 42.6 Å². The molecule has 1 fully saturated rings. The van der Waals surface area contributed by atoms with Crippen LogP contribution in [0.3, 0.4) is 0 Å². The van der Waals surface area contributed by atoms with E-state index in [2.05, 4.69) is 9.88 Å². The quantitative estimate of drug-likeness (QED) is 0.898. The van der Waals surface area contributed by atoms with Gasteiger partial charge in [0.15, 0.2) is 0 Å². The second-order valence-electron chi connectivity index (χ2n) is 4.84. The molecule has 2 heterocycles. The highest BCUT2D eigenvalue weighted by Gasteiger charge is 2.26. The van der Waals surface area contributed by atoms with Gasteiger partial charge in [-0.3, -0.25) is 0 Å². The minimum atomic E-state index is -0.193. The molecule has 0 aliphatic carbocycles. The van der Waals surface area contributed by atoms with Gasteiger partial charge in [-0.2, -0.15) is 0 Å². The summed E-state index contributed by atoms with van der Waals surface area (Å²) in [6, 6.07) is 10.9. The number of pyridine rings is 1. The molecule has 0 saturated carbocycles. The number of nitrogens with zero attached hydrogens (tertiary/aromatic N) is 2. The zero-order valence-electron chi connectivity index (χ0n) is 10.6. The Balaban J connectivity index is 1.91. The number of hydrogen-bond donors (Lipinski definition) is 1. The summed E-state index contributed by atoms with van der Waals surface area (Å²) < 4.78 is 13.0. The highest BCUT2D eigenvalue weighted by molar-refractivity contribution is 5.54. The zero-order valence-corrected chi connectivity index (χ0v) is 10.6. The molecule has 2 N–H and O–H groups in total. The Kier molecular flexibility index (Phi) is 3.07. The van der Waals surface area contributed by atoms with E-state index in [0.29, 0.717) is 11.9 Å². The van der Waals surface area contributed by atoms with E-state index in [1.54, 1.807) is 6.20 Å². The van der Waals surface area contributed by atoms with Crippen LogP contribution in [0.2, 0.25) is 0 Å². The molecular formula is C15H16FN3. The van der Waals surface area contributed by atoms with Crippen LogP contribution in [0.25, 0.3) is 0 Å². The summed E-state index contributed by atoms with van der Waals surface area (Å²) >= 11 is 0. The Hall–Kier alpha value is -2.10. The maximum Gasteiger partial charge on any atom is 0.125 e. The van der Waals surface area contributed by atoms with Crippen molar-refractivity contribution < 1.29 is 4.39 Å². The molecule has 0 bridgehead atoms. The van der Waals surface area contributed by atoms with Crippen LogP contribution in [0.1, 0.15) is 24.4 Å². The molecule has 1 aliphatic heterocycles. The monoisotopic (exact) mass is 257 g/mol. The number of anilines is 2. The van der Waals surface area contributed by atoms with Crippen molar-refractivity contribution in [2.24, 2.45) is 0 Å². The zero-order chi connectivity index (χ0) is 13.2. The molecule has 1 aromatic carbocycles. The number of nitrogens with two attached hydrogens (primary N) is 1. The predicted octanol–water partition coefficient (Wildman–Crippen LogP) is 3.14. The van der Waals surface area contributed by atoms with Gasteiger partial charge in [-0.05, 0) is 36.6 Å². The second kappa shape index (κ2) is 4.88. The van der Waals surface area contributed by atoms with Gasteiger partial charge in [-0.15, -0.1) is 0 Å². The van der Waals surface area contributed by atoms with Gasteiger partial charge in [0.05, 0.1) is 6.04 Å². The first-order chi connectivity index (χ1) is 9.24. The second-order valence-corrected chi connectivity index (χ2v) is 4.84. The Morgan fingerprint density at radius 3 is 2.74 bits per heavy atom. The van der Waals surface area contributed by atoms with Crippen molar-refractivity contribution in [2.75, 3.05) is 17.2 Å². The molecule has 98 valence electrons.